The molecule has 16 heavy (non-hydrogen) atoms. The average molecular weight is 227 g/mol. The van der Waals surface area contributed by atoms with Crippen LogP contribution in [0, 0.1) is 5.92 Å². The highest BCUT2D eigenvalue weighted by molar-refractivity contribution is 4.83. The molecule has 2 atom stereocenters. The molecule has 0 heterocycles. The SMILES string of the molecule is CNC1CCCC1CN(C)CCCN(C)C. The smallest absolute Gasteiger partial charge is 0.0104 e. The van der Waals surface area contributed by atoms with E-state index in [0.29, 0.717) is 0 Å². The predicted molar refractivity (Wildman–Crippen MR) is 70.9 cm³/mol. The first kappa shape index (κ1) is 13.9. The average Bonchev–Trinajstić information content (AvgIpc) is 2.64. The fraction of sp³-hybridized carbons (Fsp3) is 1.00. The Morgan fingerprint density at radius 2 is 1.88 bits per heavy atom. The largest absolute Gasteiger partial charge is 0.317 e. The van der Waals surface area contributed by atoms with Crippen LogP contribution in [0.5, 0.6) is 0 Å². The van der Waals surface area contributed by atoms with E-state index in [2.05, 4.69) is 43.3 Å². The van der Waals surface area contributed by atoms with Crippen LogP contribution in [0.2, 0.25) is 0 Å². The first-order chi connectivity index (χ1) is 7.63. The lowest BCUT2D eigenvalue weighted by Crippen LogP contribution is -2.37. The van der Waals surface area contributed by atoms with E-state index in [1.165, 1.54) is 45.3 Å². The molecule has 0 spiro atoms. The molecule has 1 aliphatic rings. The molecule has 0 aliphatic heterocycles. The molecule has 3 nitrogen and oxygen atoms in total. The van der Waals surface area contributed by atoms with Crippen molar-refractivity contribution in [2.75, 3.05) is 47.8 Å². The van der Waals surface area contributed by atoms with Crippen LogP contribution in [0.15, 0.2) is 0 Å². The molecule has 0 aromatic rings. The lowest BCUT2D eigenvalue weighted by Gasteiger charge is -2.25. The monoisotopic (exact) mass is 227 g/mol. The Bertz CT molecular complexity index is 182. The first-order valence-corrected chi connectivity index (χ1v) is 6.64. The minimum absolute atomic E-state index is 0.760. The van der Waals surface area contributed by atoms with Crippen LogP contribution in [-0.4, -0.2) is 63.7 Å². The summed E-state index contributed by atoms with van der Waals surface area (Å²) in [5, 5.41) is 3.46. The fourth-order valence-corrected chi connectivity index (χ4v) is 2.78. The number of rotatable bonds is 7. The van der Waals surface area contributed by atoms with Gasteiger partial charge in [-0.3, -0.25) is 0 Å². The third-order valence-corrected chi connectivity index (χ3v) is 3.72. The van der Waals surface area contributed by atoms with Gasteiger partial charge in [-0.2, -0.15) is 0 Å². The summed E-state index contributed by atoms with van der Waals surface area (Å²) in [5.41, 5.74) is 0. The number of hydrogen-bond acceptors (Lipinski definition) is 3. The molecule has 2 unspecified atom stereocenters. The molecule has 0 bridgehead atoms. The van der Waals surface area contributed by atoms with Gasteiger partial charge >= 0.3 is 0 Å². The van der Waals surface area contributed by atoms with E-state index in [1.807, 2.05) is 0 Å². The quantitative estimate of drug-likeness (QED) is 0.706. The van der Waals surface area contributed by atoms with E-state index >= 15 is 0 Å². The minimum atomic E-state index is 0.760. The summed E-state index contributed by atoms with van der Waals surface area (Å²) in [6.45, 7) is 3.69. The van der Waals surface area contributed by atoms with Crippen molar-refractivity contribution in [1.82, 2.24) is 15.1 Å². The predicted octanol–water partition coefficient (Wildman–Crippen LogP) is 1.26. The van der Waals surface area contributed by atoms with Crippen LogP contribution >= 0.6 is 0 Å². The summed E-state index contributed by atoms with van der Waals surface area (Å²) in [5.74, 6) is 0.870. The Labute approximate surface area is 101 Å². The zero-order chi connectivity index (χ0) is 12.0. The van der Waals surface area contributed by atoms with Crippen molar-refractivity contribution in [2.45, 2.75) is 31.7 Å². The first-order valence-electron chi connectivity index (χ1n) is 6.64. The molecule has 1 aliphatic carbocycles. The summed E-state index contributed by atoms with van der Waals surface area (Å²) in [4.78, 5) is 4.77. The zero-order valence-corrected chi connectivity index (χ0v) is 11.5. The maximum absolute atomic E-state index is 3.46. The van der Waals surface area contributed by atoms with Crippen LogP contribution in [0.4, 0.5) is 0 Å². The third-order valence-electron chi connectivity index (χ3n) is 3.72. The molecule has 1 saturated carbocycles. The van der Waals surface area contributed by atoms with Gasteiger partial charge in [-0.25, -0.2) is 0 Å². The molecule has 3 heteroatoms. The van der Waals surface area contributed by atoms with Crippen molar-refractivity contribution in [1.29, 1.82) is 0 Å². The lowest BCUT2D eigenvalue weighted by molar-refractivity contribution is 0.243. The molecule has 0 aromatic carbocycles. The van der Waals surface area contributed by atoms with E-state index in [1.54, 1.807) is 0 Å². The van der Waals surface area contributed by atoms with Crippen molar-refractivity contribution in [3.63, 3.8) is 0 Å². The van der Waals surface area contributed by atoms with Gasteiger partial charge in [0.15, 0.2) is 0 Å². The molecule has 1 rings (SSSR count). The van der Waals surface area contributed by atoms with E-state index < -0.39 is 0 Å². The molecule has 0 aromatic heterocycles. The normalized spacial score (nSPS) is 25.9. The molecule has 0 amide bonds. The second-order valence-electron chi connectivity index (χ2n) is 5.51. The maximum Gasteiger partial charge on any atom is 0.0104 e. The molecule has 1 fully saturated rings. The number of nitrogens with one attached hydrogen (secondary N) is 1. The van der Waals surface area contributed by atoms with Gasteiger partial charge in [-0.05, 0) is 66.5 Å². The van der Waals surface area contributed by atoms with Gasteiger partial charge < -0.3 is 15.1 Å². The summed E-state index contributed by atoms with van der Waals surface area (Å²) in [6, 6.07) is 0.760. The Hall–Kier alpha value is -0.120. The van der Waals surface area contributed by atoms with Crippen LogP contribution < -0.4 is 5.32 Å². The van der Waals surface area contributed by atoms with Gasteiger partial charge in [0.05, 0.1) is 0 Å². The Morgan fingerprint density at radius 1 is 1.12 bits per heavy atom. The number of nitrogens with zero attached hydrogens (tertiary/aromatic N) is 2. The molecular weight excluding hydrogens is 198 g/mol. The van der Waals surface area contributed by atoms with Gasteiger partial charge in [0, 0.05) is 12.6 Å². The Morgan fingerprint density at radius 3 is 2.50 bits per heavy atom. The summed E-state index contributed by atoms with van der Waals surface area (Å²) in [7, 11) is 8.66. The van der Waals surface area contributed by atoms with E-state index in [9.17, 15) is 0 Å². The van der Waals surface area contributed by atoms with E-state index in [4.69, 9.17) is 0 Å². The summed E-state index contributed by atoms with van der Waals surface area (Å²) < 4.78 is 0. The zero-order valence-electron chi connectivity index (χ0n) is 11.5. The van der Waals surface area contributed by atoms with Crippen molar-refractivity contribution < 1.29 is 0 Å². The molecular formula is C13H29N3. The molecule has 1 N–H and O–H groups in total. The highest BCUT2D eigenvalue weighted by Crippen LogP contribution is 2.25. The highest BCUT2D eigenvalue weighted by Gasteiger charge is 2.26. The van der Waals surface area contributed by atoms with E-state index in [-0.39, 0.29) is 0 Å². The molecule has 0 radical (unpaired) electrons. The van der Waals surface area contributed by atoms with E-state index in [0.717, 1.165) is 12.0 Å². The van der Waals surface area contributed by atoms with Crippen LogP contribution in [-0.2, 0) is 0 Å². The summed E-state index contributed by atoms with van der Waals surface area (Å²) in [6.07, 6.45) is 5.46. The lowest BCUT2D eigenvalue weighted by atomic mass is 10.0. The third kappa shape index (κ3) is 4.81. The van der Waals surface area contributed by atoms with Gasteiger partial charge in [-0.15, -0.1) is 0 Å². The molecule has 96 valence electrons. The van der Waals surface area contributed by atoms with Crippen LogP contribution in [0.3, 0.4) is 0 Å². The van der Waals surface area contributed by atoms with Gasteiger partial charge in [0.1, 0.15) is 0 Å². The fourth-order valence-electron chi connectivity index (χ4n) is 2.78. The van der Waals surface area contributed by atoms with Crippen LogP contribution in [0.1, 0.15) is 25.7 Å². The van der Waals surface area contributed by atoms with Crippen molar-refractivity contribution >= 4 is 0 Å². The second kappa shape index (κ2) is 7.25. The van der Waals surface area contributed by atoms with Gasteiger partial charge in [-0.1, -0.05) is 6.42 Å². The minimum Gasteiger partial charge on any atom is -0.317 e. The van der Waals surface area contributed by atoms with Crippen molar-refractivity contribution in [3.05, 3.63) is 0 Å². The van der Waals surface area contributed by atoms with Crippen molar-refractivity contribution in [2.24, 2.45) is 5.92 Å². The topological polar surface area (TPSA) is 18.5 Å². The van der Waals surface area contributed by atoms with Crippen LogP contribution in [0.25, 0.3) is 0 Å². The Balaban J connectivity index is 2.15. The summed E-state index contributed by atoms with van der Waals surface area (Å²) >= 11 is 0. The molecule has 0 saturated heterocycles. The van der Waals surface area contributed by atoms with Gasteiger partial charge in [0.2, 0.25) is 0 Å². The number of hydrogen-bond donors (Lipinski definition) is 1. The standard InChI is InChI=1S/C13H29N3/c1-14-13-8-5-7-12(13)11-16(4)10-6-9-15(2)3/h12-14H,5-11H2,1-4H3. The van der Waals surface area contributed by atoms with Crippen molar-refractivity contribution in [3.8, 4) is 0 Å². The highest BCUT2D eigenvalue weighted by atomic mass is 15.1. The maximum atomic E-state index is 3.46. The Kier molecular flexibility index (Phi) is 6.32. The second-order valence-corrected chi connectivity index (χ2v) is 5.51. The van der Waals surface area contributed by atoms with Gasteiger partial charge in [0.25, 0.3) is 0 Å².